The van der Waals surface area contributed by atoms with Crippen LogP contribution in [0.25, 0.3) is 0 Å². The van der Waals surface area contributed by atoms with Gasteiger partial charge in [0.15, 0.2) is 0 Å². The van der Waals surface area contributed by atoms with Gasteiger partial charge in [-0.25, -0.2) is 4.99 Å². The minimum atomic E-state index is 1.01. The van der Waals surface area contributed by atoms with Crippen molar-refractivity contribution < 1.29 is 0 Å². The first-order chi connectivity index (χ1) is 3.81. The molecule has 8 heavy (non-hydrogen) atoms. The summed E-state index contributed by atoms with van der Waals surface area (Å²) < 4.78 is 0. The van der Waals surface area contributed by atoms with Crippen molar-refractivity contribution in [3.8, 4) is 0 Å². The molecule has 0 saturated carbocycles. The highest BCUT2D eigenvalue weighted by atomic mass is 14.8. The second-order valence-electron chi connectivity index (χ2n) is 1.59. The van der Waals surface area contributed by atoms with E-state index in [0.717, 1.165) is 12.1 Å². The van der Waals surface area contributed by atoms with Gasteiger partial charge in [-0.2, -0.15) is 0 Å². The van der Waals surface area contributed by atoms with Crippen LogP contribution in [0.5, 0.6) is 0 Å². The molecule has 0 heterocycles. The molecule has 2 heteroatoms. The quantitative estimate of drug-likeness (QED) is 0.382. The molecule has 0 rings (SSSR count). The van der Waals surface area contributed by atoms with Gasteiger partial charge in [-0.1, -0.05) is 6.92 Å². The lowest BCUT2D eigenvalue weighted by molar-refractivity contribution is 1.26. The van der Waals surface area contributed by atoms with Crippen LogP contribution >= 0.6 is 0 Å². The summed E-state index contributed by atoms with van der Waals surface area (Å²) in [5.41, 5.74) is 1.12. The van der Waals surface area contributed by atoms with E-state index in [4.69, 9.17) is 0 Å². The van der Waals surface area contributed by atoms with Crippen molar-refractivity contribution in [1.29, 1.82) is 0 Å². The summed E-state index contributed by atoms with van der Waals surface area (Å²) in [4.78, 5) is 7.70. The molecule has 0 unspecified atom stereocenters. The SMILES string of the molecule is CC/C(C)=N/C=N\C. The molecular weight excluding hydrogens is 100 g/mol. The third-order valence-electron chi connectivity index (χ3n) is 0.905. The zero-order chi connectivity index (χ0) is 6.41. The van der Waals surface area contributed by atoms with Crippen molar-refractivity contribution in [2.45, 2.75) is 20.3 Å². The monoisotopic (exact) mass is 112 g/mol. The second-order valence-corrected chi connectivity index (χ2v) is 1.59. The molecule has 0 fully saturated rings. The first-order valence-electron chi connectivity index (χ1n) is 2.75. The van der Waals surface area contributed by atoms with E-state index in [2.05, 4.69) is 16.9 Å². The molecule has 0 N–H and O–H groups in total. The van der Waals surface area contributed by atoms with E-state index in [0.29, 0.717) is 0 Å². The van der Waals surface area contributed by atoms with Gasteiger partial charge in [-0.05, 0) is 13.3 Å². The Hall–Kier alpha value is -0.660. The van der Waals surface area contributed by atoms with Gasteiger partial charge in [0.2, 0.25) is 0 Å². The Morgan fingerprint density at radius 3 is 2.62 bits per heavy atom. The third-order valence-corrected chi connectivity index (χ3v) is 0.905. The smallest absolute Gasteiger partial charge is 0.109 e. The zero-order valence-corrected chi connectivity index (χ0v) is 5.68. The van der Waals surface area contributed by atoms with Crippen LogP contribution in [0.15, 0.2) is 9.98 Å². The molecule has 46 valence electrons. The highest BCUT2D eigenvalue weighted by molar-refractivity contribution is 5.88. The molecule has 0 radical (unpaired) electrons. The number of hydrogen-bond donors (Lipinski definition) is 0. The fourth-order valence-corrected chi connectivity index (χ4v) is 0.248. The lowest BCUT2D eigenvalue weighted by atomic mass is 10.3. The van der Waals surface area contributed by atoms with E-state index in [-0.39, 0.29) is 0 Å². The molecular formula is C6H12N2. The number of aliphatic imine (C=N–C) groups is 2. The minimum Gasteiger partial charge on any atom is -0.277 e. The fourth-order valence-electron chi connectivity index (χ4n) is 0.248. The van der Waals surface area contributed by atoms with Crippen LogP contribution in [-0.4, -0.2) is 19.1 Å². The summed E-state index contributed by atoms with van der Waals surface area (Å²) in [6.45, 7) is 4.06. The zero-order valence-electron chi connectivity index (χ0n) is 5.68. The maximum atomic E-state index is 3.99. The largest absolute Gasteiger partial charge is 0.277 e. The van der Waals surface area contributed by atoms with E-state index in [1.54, 1.807) is 13.4 Å². The average molecular weight is 112 g/mol. The maximum absolute atomic E-state index is 3.99. The molecule has 0 amide bonds. The van der Waals surface area contributed by atoms with Crippen LogP contribution in [0.2, 0.25) is 0 Å². The van der Waals surface area contributed by atoms with Crippen molar-refractivity contribution >= 4 is 12.1 Å². The Morgan fingerprint density at radius 2 is 2.25 bits per heavy atom. The number of nitrogens with zero attached hydrogens (tertiary/aromatic N) is 2. The van der Waals surface area contributed by atoms with E-state index in [9.17, 15) is 0 Å². The van der Waals surface area contributed by atoms with Crippen molar-refractivity contribution in [2.75, 3.05) is 7.05 Å². The minimum absolute atomic E-state index is 1.01. The van der Waals surface area contributed by atoms with Crippen LogP contribution in [-0.2, 0) is 0 Å². The van der Waals surface area contributed by atoms with Gasteiger partial charge < -0.3 is 0 Å². The van der Waals surface area contributed by atoms with Crippen molar-refractivity contribution in [1.82, 2.24) is 0 Å². The van der Waals surface area contributed by atoms with Crippen molar-refractivity contribution in [2.24, 2.45) is 9.98 Å². The Balaban J connectivity index is 3.57. The van der Waals surface area contributed by atoms with Gasteiger partial charge >= 0.3 is 0 Å². The molecule has 0 aromatic heterocycles. The Kier molecular flexibility index (Phi) is 4.13. The van der Waals surface area contributed by atoms with E-state index in [1.807, 2.05) is 6.92 Å². The van der Waals surface area contributed by atoms with Crippen molar-refractivity contribution in [3.63, 3.8) is 0 Å². The normalized spacial score (nSPS) is 13.1. The van der Waals surface area contributed by atoms with Gasteiger partial charge in [0, 0.05) is 12.8 Å². The summed E-state index contributed by atoms with van der Waals surface area (Å²) in [5, 5.41) is 0. The van der Waals surface area contributed by atoms with Gasteiger partial charge in [0.1, 0.15) is 6.34 Å². The summed E-state index contributed by atoms with van der Waals surface area (Å²) in [6.07, 6.45) is 2.57. The average Bonchev–Trinajstić information content (AvgIpc) is 1.83. The molecule has 0 saturated heterocycles. The Labute approximate surface area is 50.4 Å². The van der Waals surface area contributed by atoms with Gasteiger partial charge in [0.25, 0.3) is 0 Å². The molecule has 0 aromatic rings. The number of hydrogen-bond acceptors (Lipinski definition) is 1. The second kappa shape index (κ2) is 4.50. The summed E-state index contributed by atoms with van der Waals surface area (Å²) in [5.74, 6) is 0. The Bertz CT molecular complexity index is 103. The van der Waals surface area contributed by atoms with E-state index >= 15 is 0 Å². The topological polar surface area (TPSA) is 24.7 Å². The molecule has 0 aliphatic carbocycles. The van der Waals surface area contributed by atoms with Gasteiger partial charge in [0.05, 0.1) is 0 Å². The molecule has 0 aliphatic rings. The first kappa shape index (κ1) is 7.34. The number of rotatable bonds is 2. The molecule has 0 bridgehead atoms. The highest BCUT2D eigenvalue weighted by Gasteiger charge is 1.78. The maximum Gasteiger partial charge on any atom is 0.109 e. The predicted octanol–water partition coefficient (Wildman–Crippen LogP) is 1.52. The fraction of sp³-hybridized carbons (Fsp3) is 0.667. The summed E-state index contributed by atoms with van der Waals surface area (Å²) >= 11 is 0. The first-order valence-corrected chi connectivity index (χ1v) is 2.75. The van der Waals surface area contributed by atoms with E-state index in [1.165, 1.54) is 0 Å². The molecule has 2 nitrogen and oxygen atoms in total. The van der Waals surface area contributed by atoms with Gasteiger partial charge in [-0.15, -0.1) is 0 Å². The highest BCUT2D eigenvalue weighted by Crippen LogP contribution is 1.80. The van der Waals surface area contributed by atoms with E-state index < -0.39 is 0 Å². The molecule has 0 aromatic carbocycles. The van der Waals surface area contributed by atoms with Crippen LogP contribution < -0.4 is 0 Å². The van der Waals surface area contributed by atoms with Crippen LogP contribution in [0, 0.1) is 0 Å². The standard InChI is InChI=1S/C6H12N2/c1-4-6(2)8-5-7-3/h5H,4H2,1-3H3/b7-5-,8-6+. The molecule has 0 spiro atoms. The lowest BCUT2D eigenvalue weighted by Crippen LogP contribution is -1.85. The van der Waals surface area contributed by atoms with Crippen molar-refractivity contribution in [3.05, 3.63) is 0 Å². The predicted molar refractivity (Wildman–Crippen MR) is 37.8 cm³/mol. The van der Waals surface area contributed by atoms with Crippen LogP contribution in [0.1, 0.15) is 20.3 Å². The molecule has 0 atom stereocenters. The van der Waals surface area contributed by atoms with Crippen LogP contribution in [0.4, 0.5) is 0 Å². The lowest BCUT2D eigenvalue weighted by Gasteiger charge is -1.85. The van der Waals surface area contributed by atoms with Crippen LogP contribution in [0.3, 0.4) is 0 Å². The summed E-state index contributed by atoms with van der Waals surface area (Å²) in [6, 6.07) is 0. The summed E-state index contributed by atoms with van der Waals surface area (Å²) in [7, 11) is 1.71. The Morgan fingerprint density at radius 1 is 1.62 bits per heavy atom. The third kappa shape index (κ3) is 3.53. The molecule has 0 aliphatic heterocycles. The van der Waals surface area contributed by atoms with Gasteiger partial charge in [-0.3, -0.25) is 4.99 Å².